The van der Waals surface area contributed by atoms with Gasteiger partial charge in [0.2, 0.25) is 10.0 Å². The van der Waals surface area contributed by atoms with Gasteiger partial charge >= 0.3 is 6.09 Å². The zero-order valence-corrected chi connectivity index (χ0v) is 27.7. The molecule has 12 heteroatoms. The van der Waals surface area contributed by atoms with E-state index in [-0.39, 0.29) is 23.5 Å². The third-order valence-electron chi connectivity index (χ3n) is 7.97. The predicted molar refractivity (Wildman–Crippen MR) is 174 cm³/mol. The SMILES string of the molecule is CCS(=O)(=O)Nc1ccc(Oc2c(C)cc(C(C)(C)O)cc2C)c(-c2cn(C)c(=O)cc2OC2CCC(NC(=O)OC)CC2)c1. The van der Waals surface area contributed by atoms with Crippen LogP contribution in [0.5, 0.6) is 17.2 Å². The smallest absolute Gasteiger partial charge is 0.407 e. The molecule has 3 N–H and O–H groups in total. The number of ether oxygens (including phenoxy) is 3. The standard InChI is InChI=1S/C33H43N3O8S/c1-8-45(40,41)35-24-11-14-28(44-31-20(2)15-22(16-21(31)3)33(4,5)39)26(17-24)27-19-36(6)30(37)18-29(27)43-25-12-9-23(10-13-25)34-32(38)42-7/h11,14-19,23,25,35,39H,8-10,12-13H2,1-7H3,(H,34,38). The highest BCUT2D eigenvalue weighted by atomic mass is 32.2. The van der Waals surface area contributed by atoms with E-state index in [0.29, 0.717) is 59.7 Å². The summed E-state index contributed by atoms with van der Waals surface area (Å²) in [6.07, 6.45) is 3.63. The number of nitrogens with one attached hydrogen (secondary N) is 2. The molecular formula is C33H43N3O8S. The van der Waals surface area contributed by atoms with E-state index >= 15 is 0 Å². The number of sulfonamides is 1. The van der Waals surface area contributed by atoms with Gasteiger partial charge < -0.3 is 29.2 Å². The van der Waals surface area contributed by atoms with Gasteiger partial charge in [-0.3, -0.25) is 9.52 Å². The normalized spacial score (nSPS) is 17.0. The number of anilines is 1. The number of aromatic nitrogens is 1. The number of hydrogen-bond acceptors (Lipinski definition) is 8. The van der Waals surface area contributed by atoms with E-state index in [1.54, 1.807) is 52.2 Å². The Morgan fingerprint density at radius 1 is 1.02 bits per heavy atom. The molecule has 0 saturated heterocycles. The van der Waals surface area contributed by atoms with E-state index in [0.717, 1.165) is 16.7 Å². The number of carbonyl (C=O) groups is 1. The van der Waals surface area contributed by atoms with Crippen LogP contribution in [0.15, 0.2) is 47.4 Å². The minimum Gasteiger partial charge on any atom is -0.490 e. The van der Waals surface area contributed by atoms with Gasteiger partial charge in [0.1, 0.15) is 17.2 Å². The van der Waals surface area contributed by atoms with E-state index in [1.165, 1.54) is 17.7 Å². The Morgan fingerprint density at radius 3 is 2.24 bits per heavy atom. The van der Waals surface area contributed by atoms with E-state index in [9.17, 15) is 23.1 Å². The largest absolute Gasteiger partial charge is 0.490 e. The molecule has 3 aromatic rings. The van der Waals surface area contributed by atoms with Crippen LogP contribution in [0, 0.1) is 13.8 Å². The Labute approximate surface area is 264 Å². The summed E-state index contributed by atoms with van der Waals surface area (Å²) in [5, 5.41) is 13.4. The zero-order valence-electron chi connectivity index (χ0n) is 26.9. The van der Waals surface area contributed by atoms with Crippen LogP contribution >= 0.6 is 0 Å². The van der Waals surface area contributed by atoms with Gasteiger partial charge in [-0.05, 0) is 107 Å². The summed E-state index contributed by atoms with van der Waals surface area (Å²) >= 11 is 0. The third-order valence-corrected chi connectivity index (χ3v) is 9.27. The number of rotatable bonds is 10. The average molecular weight is 642 g/mol. The lowest BCUT2D eigenvalue weighted by Gasteiger charge is -2.30. The minimum atomic E-state index is -3.58. The van der Waals surface area contributed by atoms with Crippen molar-refractivity contribution in [2.45, 2.75) is 78.0 Å². The second-order valence-electron chi connectivity index (χ2n) is 12.0. The highest BCUT2D eigenvalue weighted by Gasteiger charge is 2.26. The van der Waals surface area contributed by atoms with Crippen molar-refractivity contribution in [3.63, 3.8) is 0 Å². The molecule has 11 nitrogen and oxygen atoms in total. The van der Waals surface area contributed by atoms with Crippen LogP contribution in [-0.4, -0.2) is 49.2 Å². The number of carbonyl (C=O) groups excluding carboxylic acids is 1. The summed E-state index contributed by atoms with van der Waals surface area (Å²) in [4.78, 5) is 24.5. The number of amides is 1. The van der Waals surface area contributed by atoms with Gasteiger partial charge in [-0.25, -0.2) is 13.2 Å². The van der Waals surface area contributed by atoms with Gasteiger partial charge in [0.05, 0.1) is 24.6 Å². The predicted octanol–water partition coefficient (Wildman–Crippen LogP) is 5.50. The summed E-state index contributed by atoms with van der Waals surface area (Å²) in [5.74, 6) is 1.25. The maximum absolute atomic E-state index is 12.8. The molecule has 0 unspecified atom stereocenters. The first-order valence-corrected chi connectivity index (χ1v) is 16.6. The van der Waals surface area contributed by atoms with Crippen LogP contribution in [0.25, 0.3) is 11.1 Å². The molecule has 1 fully saturated rings. The van der Waals surface area contributed by atoms with Crippen LogP contribution < -0.4 is 25.1 Å². The van der Waals surface area contributed by atoms with Crippen molar-refractivity contribution in [3.05, 3.63) is 69.6 Å². The van der Waals surface area contributed by atoms with E-state index in [1.807, 2.05) is 26.0 Å². The highest BCUT2D eigenvalue weighted by Crippen LogP contribution is 2.42. The Balaban J connectivity index is 1.77. The number of methoxy groups -OCH3 is 1. The molecule has 1 saturated carbocycles. The fourth-order valence-corrected chi connectivity index (χ4v) is 5.99. The monoisotopic (exact) mass is 641 g/mol. The lowest BCUT2D eigenvalue weighted by molar-refractivity contribution is 0.0784. The van der Waals surface area contributed by atoms with Gasteiger partial charge in [0.15, 0.2) is 0 Å². The second-order valence-corrected chi connectivity index (χ2v) is 14.1. The van der Waals surface area contributed by atoms with Crippen LogP contribution in [0.2, 0.25) is 0 Å². The molecule has 1 heterocycles. The topological polar surface area (TPSA) is 145 Å². The van der Waals surface area contributed by atoms with E-state index < -0.39 is 21.7 Å². The quantitative estimate of drug-likeness (QED) is 0.263. The van der Waals surface area contributed by atoms with Crippen molar-refractivity contribution >= 4 is 21.8 Å². The van der Waals surface area contributed by atoms with Gasteiger partial charge in [0, 0.05) is 42.2 Å². The number of aryl methyl sites for hydroxylation is 3. The molecule has 1 aromatic heterocycles. The van der Waals surface area contributed by atoms with Crippen molar-refractivity contribution in [1.82, 2.24) is 9.88 Å². The van der Waals surface area contributed by atoms with E-state index in [4.69, 9.17) is 14.2 Å². The molecule has 0 atom stereocenters. The molecule has 0 aliphatic heterocycles. The van der Waals surface area contributed by atoms with Crippen LogP contribution in [-0.2, 0) is 27.4 Å². The first-order chi connectivity index (χ1) is 21.1. The maximum atomic E-state index is 12.8. The van der Waals surface area contributed by atoms with Crippen molar-refractivity contribution < 1.29 is 32.5 Å². The Morgan fingerprint density at radius 2 is 1.67 bits per heavy atom. The molecule has 1 aliphatic carbocycles. The first kappa shape index (κ1) is 33.9. The van der Waals surface area contributed by atoms with Crippen molar-refractivity contribution in [2.24, 2.45) is 7.05 Å². The number of aliphatic hydroxyl groups is 1. The molecule has 0 bridgehead atoms. The summed E-state index contributed by atoms with van der Waals surface area (Å²) in [6.45, 7) is 8.79. The van der Waals surface area contributed by atoms with Gasteiger partial charge in [-0.2, -0.15) is 0 Å². The Hall–Kier alpha value is -4.03. The molecule has 244 valence electrons. The Kier molecular flexibility index (Phi) is 10.2. The maximum Gasteiger partial charge on any atom is 0.407 e. The van der Waals surface area contributed by atoms with Gasteiger partial charge in [0.25, 0.3) is 5.56 Å². The summed E-state index contributed by atoms with van der Waals surface area (Å²) in [5.41, 5.74) is 2.46. The van der Waals surface area contributed by atoms with Crippen molar-refractivity contribution in [3.8, 4) is 28.4 Å². The lowest BCUT2D eigenvalue weighted by Crippen LogP contribution is -2.39. The number of benzene rings is 2. The number of alkyl carbamates (subject to hydrolysis) is 1. The molecule has 45 heavy (non-hydrogen) atoms. The number of pyridine rings is 1. The summed E-state index contributed by atoms with van der Waals surface area (Å²) in [7, 11) is -0.618. The molecular weight excluding hydrogens is 598 g/mol. The van der Waals surface area contributed by atoms with Crippen LogP contribution in [0.1, 0.15) is 63.1 Å². The van der Waals surface area contributed by atoms with Crippen molar-refractivity contribution in [2.75, 3.05) is 17.6 Å². The second kappa shape index (κ2) is 13.5. The first-order valence-electron chi connectivity index (χ1n) is 15.0. The Bertz CT molecular complexity index is 1700. The van der Waals surface area contributed by atoms with E-state index in [2.05, 4.69) is 10.0 Å². The lowest BCUT2D eigenvalue weighted by atomic mass is 9.93. The molecule has 1 amide bonds. The molecule has 4 rings (SSSR count). The van der Waals surface area contributed by atoms with Crippen LogP contribution in [0.4, 0.5) is 10.5 Å². The number of hydrogen-bond donors (Lipinski definition) is 3. The highest BCUT2D eigenvalue weighted by molar-refractivity contribution is 7.92. The molecule has 2 aromatic carbocycles. The molecule has 1 aliphatic rings. The summed E-state index contributed by atoms with van der Waals surface area (Å²) < 4.78 is 46.7. The fraction of sp³-hybridized carbons (Fsp3) is 0.455. The fourth-order valence-electron chi connectivity index (χ4n) is 5.36. The third kappa shape index (κ3) is 8.37. The molecule has 0 spiro atoms. The summed E-state index contributed by atoms with van der Waals surface area (Å²) in [6, 6.07) is 10.1. The average Bonchev–Trinajstić information content (AvgIpc) is 2.97. The van der Waals surface area contributed by atoms with Crippen molar-refractivity contribution in [1.29, 1.82) is 0 Å². The molecule has 0 radical (unpaired) electrons. The van der Waals surface area contributed by atoms with Crippen LogP contribution in [0.3, 0.4) is 0 Å². The zero-order chi connectivity index (χ0) is 33.1. The van der Waals surface area contributed by atoms with Gasteiger partial charge in [-0.1, -0.05) is 0 Å². The number of nitrogens with zero attached hydrogens (tertiary/aromatic N) is 1. The minimum absolute atomic E-state index is 0.0297. The van der Waals surface area contributed by atoms with Gasteiger partial charge in [-0.15, -0.1) is 0 Å².